The number of carbonyl (C=O) groups excluding carboxylic acids is 2. The molecule has 2 aliphatic heterocycles. The van der Waals surface area contributed by atoms with E-state index in [9.17, 15) is 24.7 Å². The van der Waals surface area contributed by atoms with Crippen LogP contribution in [0.1, 0.15) is 11.4 Å². The Morgan fingerprint density at radius 3 is 2.78 bits per heavy atom. The van der Waals surface area contributed by atoms with Crippen LogP contribution >= 0.6 is 46.2 Å². The number of hydrogen-bond donors (Lipinski definition) is 4. The minimum atomic E-state index is -1.29. The molecule has 166 valence electrons. The van der Waals surface area contributed by atoms with Gasteiger partial charge in [0.05, 0.1) is 0 Å². The molecule has 5 N–H and O–H groups in total. The standard InChI is InChI=1S/C16H12ClN7O5S3/c17-11-6(21-23-32-11)2-1-5-3-30-14-9(13(26)24(14)10(5)15(27)28)20-12(25)8(22-29)7-4-31-16(18)19-7/h1-2,4,9,14,29H,3H2,(H2,18,19)(H,20,25)(H,27,28)/b2-1-,22-8-. The Kier molecular flexibility index (Phi) is 6.14. The number of aliphatic carboxylic acids is 1. The third kappa shape index (κ3) is 3.94. The van der Waals surface area contributed by atoms with Crippen LogP contribution in [0.2, 0.25) is 4.34 Å². The summed E-state index contributed by atoms with van der Waals surface area (Å²) in [7, 11) is 0. The Bertz CT molecular complexity index is 1210. The van der Waals surface area contributed by atoms with Crippen molar-refractivity contribution < 1.29 is 24.7 Å². The molecule has 2 unspecified atom stereocenters. The highest BCUT2D eigenvalue weighted by molar-refractivity contribution is 8.00. The van der Waals surface area contributed by atoms with Gasteiger partial charge in [-0.1, -0.05) is 27.3 Å². The number of halogens is 1. The second kappa shape index (κ2) is 8.85. The van der Waals surface area contributed by atoms with Gasteiger partial charge in [-0.25, -0.2) is 9.78 Å². The number of fused-ring (bicyclic) bond motifs is 1. The molecule has 1 fully saturated rings. The van der Waals surface area contributed by atoms with Crippen molar-refractivity contribution >= 4 is 80.9 Å². The molecule has 2 amide bonds. The zero-order valence-corrected chi connectivity index (χ0v) is 18.8. The lowest BCUT2D eigenvalue weighted by Gasteiger charge is -2.49. The van der Waals surface area contributed by atoms with E-state index in [0.717, 1.165) is 27.8 Å². The molecule has 4 heterocycles. The maximum atomic E-state index is 12.7. The van der Waals surface area contributed by atoms with Gasteiger partial charge in [-0.3, -0.25) is 14.5 Å². The number of hydrogen-bond acceptors (Lipinski definition) is 12. The van der Waals surface area contributed by atoms with Crippen LogP contribution in [-0.4, -0.2) is 70.4 Å². The first-order valence-corrected chi connectivity index (χ1v) is 11.7. The number of amides is 2. The fourth-order valence-electron chi connectivity index (χ4n) is 3.05. The van der Waals surface area contributed by atoms with Gasteiger partial charge in [0.1, 0.15) is 32.8 Å². The number of nitrogens with zero attached hydrogens (tertiary/aromatic N) is 5. The van der Waals surface area contributed by atoms with Crippen LogP contribution in [0.3, 0.4) is 0 Å². The van der Waals surface area contributed by atoms with Gasteiger partial charge in [-0.05, 0) is 11.6 Å². The lowest BCUT2D eigenvalue weighted by molar-refractivity contribution is -0.150. The van der Waals surface area contributed by atoms with E-state index < -0.39 is 34.9 Å². The summed E-state index contributed by atoms with van der Waals surface area (Å²) in [6.07, 6.45) is 3.05. The summed E-state index contributed by atoms with van der Waals surface area (Å²) in [4.78, 5) is 42.1. The SMILES string of the molecule is Nc1nc(/C(=N/O)C(=O)NC2C(=O)N3C(C(=O)O)=C(/C=C\c4nnsc4Cl)CSC23)cs1. The summed E-state index contributed by atoms with van der Waals surface area (Å²) in [5, 5.41) is 29.1. The van der Waals surface area contributed by atoms with Crippen LogP contribution in [0.25, 0.3) is 6.08 Å². The molecule has 0 bridgehead atoms. The van der Waals surface area contributed by atoms with E-state index in [1.165, 1.54) is 29.3 Å². The molecule has 2 aliphatic rings. The summed E-state index contributed by atoms with van der Waals surface area (Å²) in [5.41, 5.74) is 5.77. The molecule has 2 atom stereocenters. The lowest BCUT2D eigenvalue weighted by Crippen LogP contribution is -2.71. The number of carboxylic acids is 1. The van der Waals surface area contributed by atoms with Crippen LogP contribution in [0.4, 0.5) is 5.13 Å². The third-order valence-electron chi connectivity index (χ3n) is 4.48. The van der Waals surface area contributed by atoms with Gasteiger partial charge in [0.2, 0.25) is 0 Å². The molecule has 0 saturated carbocycles. The van der Waals surface area contributed by atoms with Crippen LogP contribution in [-0.2, 0) is 14.4 Å². The molecule has 1 saturated heterocycles. The minimum absolute atomic E-state index is 0.0566. The van der Waals surface area contributed by atoms with Crippen molar-refractivity contribution in [2.24, 2.45) is 5.16 Å². The molecule has 32 heavy (non-hydrogen) atoms. The summed E-state index contributed by atoms with van der Waals surface area (Å²) in [5.74, 6) is -2.47. The largest absolute Gasteiger partial charge is 0.477 e. The average Bonchev–Trinajstić information content (AvgIpc) is 3.37. The van der Waals surface area contributed by atoms with Crippen molar-refractivity contribution in [2.75, 3.05) is 11.5 Å². The van der Waals surface area contributed by atoms with Crippen molar-refractivity contribution in [1.29, 1.82) is 0 Å². The summed E-state index contributed by atoms with van der Waals surface area (Å²) >= 11 is 9.27. The van der Waals surface area contributed by atoms with Crippen LogP contribution in [0, 0.1) is 0 Å². The summed E-state index contributed by atoms with van der Waals surface area (Å²) in [6.45, 7) is 0. The van der Waals surface area contributed by atoms with Gasteiger partial charge in [-0.15, -0.1) is 28.2 Å². The Hall–Kier alpha value is -3.01. The van der Waals surface area contributed by atoms with E-state index in [2.05, 4.69) is 25.0 Å². The Morgan fingerprint density at radius 2 is 2.19 bits per heavy atom. The monoisotopic (exact) mass is 513 g/mol. The number of aromatic nitrogens is 3. The molecule has 0 aliphatic carbocycles. The minimum Gasteiger partial charge on any atom is -0.477 e. The quantitative estimate of drug-likeness (QED) is 0.187. The Labute approximate surface area is 196 Å². The number of nitrogens with two attached hydrogens (primary N) is 1. The van der Waals surface area contributed by atoms with Gasteiger partial charge in [0.15, 0.2) is 10.8 Å². The molecule has 12 nitrogen and oxygen atoms in total. The highest BCUT2D eigenvalue weighted by atomic mass is 35.5. The Morgan fingerprint density at radius 1 is 1.41 bits per heavy atom. The summed E-state index contributed by atoms with van der Waals surface area (Å²) in [6, 6.07) is -1.00. The van der Waals surface area contributed by atoms with Crippen molar-refractivity contribution in [1.82, 2.24) is 24.8 Å². The first-order chi connectivity index (χ1) is 15.3. The third-order valence-corrected chi connectivity index (χ3v) is 7.39. The Balaban J connectivity index is 1.53. The maximum Gasteiger partial charge on any atom is 0.352 e. The van der Waals surface area contributed by atoms with Crippen LogP contribution in [0.5, 0.6) is 0 Å². The number of thiazole rings is 1. The number of thioether (sulfide) groups is 1. The number of anilines is 1. The van der Waals surface area contributed by atoms with Crippen LogP contribution in [0.15, 0.2) is 27.9 Å². The maximum absolute atomic E-state index is 12.7. The zero-order chi connectivity index (χ0) is 23.0. The number of allylic oxidation sites excluding steroid dienone is 1. The van der Waals surface area contributed by atoms with E-state index in [1.807, 2.05) is 0 Å². The highest BCUT2D eigenvalue weighted by Crippen LogP contribution is 2.41. The first-order valence-electron chi connectivity index (χ1n) is 8.63. The predicted octanol–water partition coefficient (Wildman–Crippen LogP) is 0.861. The van der Waals surface area contributed by atoms with E-state index in [1.54, 1.807) is 0 Å². The van der Waals surface area contributed by atoms with Crippen molar-refractivity contribution in [2.45, 2.75) is 11.4 Å². The predicted molar refractivity (Wildman–Crippen MR) is 118 cm³/mol. The molecule has 2 aromatic rings. The first kappa shape index (κ1) is 22.2. The van der Waals surface area contributed by atoms with Gasteiger partial charge in [0, 0.05) is 22.7 Å². The second-order valence-corrected chi connectivity index (χ2v) is 9.68. The smallest absolute Gasteiger partial charge is 0.352 e. The average molecular weight is 514 g/mol. The number of oxime groups is 1. The fraction of sp³-hybridized carbons (Fsp3) is 0.188. The fourth-order valence-corrected chi connectivity index (χ4v) is 5.52. The topological polar surface area (TPSA) is 184 Å². The van der Waals surface area contributed by atoms with Gasteiger partial charge < -0.3 is 21.4 Å². The van der Waals surface area contributed by atoms with E-state index in [4.69, 9.17) is 17.3 Å². The van der Waals surface area contributed by atoms with Crippen molar-refractivity contribution in [3.63, 3.8) is 0 Å². The molecule has 16 heteroatoms. The zero-order valence-electron chi connectivity index (χ0n) is 15.6. The van der Waals surface area contributed by atoms with Crippen molar-refractivity contribution in [3.8, 4) is 0 Å². The molecule has 0 aromatic carbocycles. The molecule has 4 rings (SSSR count). The molecule has 2 aromatic heterocycles. The van der Waals surface area contributed by atoms with Crippen molar-refractivity contribution in [3.05, 3.63) is 38.5 Å². The number of nitrogens with one attached hydrogen (secondary N) is 1. The van der Waals surface area contributed by atoms with E-state index in [-0.39, 0.29) is 22.3 Å². The molecular weight excluding hydrogens is 502 g/mol. The normalized spacial score (nSPS) is 21.0. The van der Waals surface area contributed by atoms with Gasteiger partial charge in [0.25, 0.3) is 11.8 Å². The number of carboxylic acid groups (broad SMARTS) is 1. The van der Waals surface area contributed by atoms with E-state index >= 15 is 0 Å². The number of rotatable bonds is 6. The van der Waals surface area contributed by atoms with Crippen LogP contribution < -0.4 is 11.1 Å². The molecule has 0 spiro atoms. The lowest BCUT2D eigenvalue weighted by atomic mass is 10.0. The highest BCUT2D eigenvalue weighted by Gasteiger charge is 2.54. The second-order valence-electron chi connectivity index (χ2n) is 6.32. The number of nitrogen functional groups attached to an aromatic ring is 1. The molecular formula is C16H12ClN7O5S3. The molecule has 0 radical (unpaired) electrons. The van der Waals surface area contributed by atoms with E-state index in [0.29, 0.717) is 15.6 Å². The summed E-state index contributed by atoms with van der Waals surface area (Å²) < 4.78 is 4.05. The van der Waals surface area contributed by atoms with Gasteiger partial charge >= 0.3 is 5.97 Å². The van der Waals surface area contributed by atoms with Gasteiger partial charge in [-0.2, -0.15) is 0 Å². The number of β-lactam (4-membered cyclic amide) rings is 1. The number of carbonyl (C=O) groups is 3.